The number of carbonyl (C=O) groups excluding carboxylic acids is 1. The number of amides is 1. The molecule has 128 valence electrons. The summed E-state index contributed by atoms with van der Waals surface area (Å²) >= 11 is 3.38. The van der Waals surface area contributed by atoms with Gasteiger partial charge in [0.25, 0.3) is 5.91 Å². The van der Waals surface area contributed by atoms with Gasteiger partial charge in [-0.2, -0.15) is 0 Å². The fourth-order valence-electron chi connectivity index (χ4n) is 2.13. The first-order valence-electron chi connectivity index (χ1n) is 7.39. The van der Waals surface area contributed by atoms with Crippen molar-refractivity contribution in [3.05, 3.63) is 58.1 Å². The van der Waals surface area contributed by atoms with Gasteiger partial charge < -0.3 is 5.32 Å². The van der Waals surface area contributed by atoms with Crippen molar-refractivity contribution < 1.29 is 13.2 Å². The molecule has 0 aliphatic rings. The highest BCUT2D eigenvalue weighted by Crippen LogP contribution is 2.21. The maximum absolute atomic E-state index is 12.3. The zero-order chi connectivity index (χ0) is 17.9. The minimum Gasteiger partial charge on any atom is -0.322 e. The Balaban J connectivity index is 2.17. The molecule has 0 bridgehead atoms. The van der Waals surface area contributed by atoms with Crippen molar-refractivity contribution in [2.75, 3.05) is 5.32 Å². The standard InChI is InChI=1S/C17H19BrN2O3S/c1-11(2)20-24(22,23)15-7-4-13(5-8-15)17(21)19-16-9-6-14(18)10-12(16)3/h4-11,20H,1-3H3,(H,19,21). The number of benzene rings is 2. The second-order valence-corrected chi connectivity index (χ2v) is 8.34. The lowest BCUT2D eigenvalue weighted by atomic mass is 10.1. The highest BCUT2D eigenvalue weighted by atomic mass is 79.9. The number of hydrogen-bond donors (Lipinski definition) is 2. The maximum Gasteiger partial charge on any atom is 0.255 e. The van der Waals surface area contributed by atoms with Crippen molar-refractivity contribution in [1.82, 2.24) is 4.72 Å². The Hall–Kier alpha value is -1.70. The number of halogens is 1. The summed E-state index contributed by atoms with van der Waals surface area (Å²) in [4.78, 5) is 12.4. The molecule has 2 rings (SSSR count). The Kier molecular flexibility index (Phi) is 5.79. The van der Waals surface area contributed by atoms with Crippen molar-refractivity contribution in [3.8, 4) is 0 Å². The van der Waals surface area contributed by atoms with Gasteiger partial charge in [-0.15, -0.1) is 0 Å². The van der Waals surface area contributed by atoms with E-state index in [4.69, 9.17) is 0 Å². The Labute approximate surface area is 150 Å². The van der Waals surface area contributed by atoms with Gasteiger partial charge in [-0.1, -0.05) is 15.9 Å². The summed E-state index contributed by atoms with van der Waals surface area (Å²) in [6, 6.07) is 11.2. The molecule has 0 saturated heterocycles. The Morgan fingerprint density at radius 1 is 1.08 bits per heavy atom. The molecule has 0 spiro atoms. The van der Waals surface area contributed by atoms with E-state index in [0.29, 0.717) is 11.3 Å². The second kappa shape index (κ2) is 7.46. The average molecular weight is 411 g/mol. The molecule has 0 aliphatic heterocycles. The van der Waals surface area contributed by atoms with E-state index in [-0.39, 0.29) is 16.8 Å². The van der Waals surface area contributed by atoms with E-state index in [1.54, 1.807) is 13.8 Å². The first kappa shape index (κ1) is 18.6. The molecule has 0 heterocycles. The van der Waals surface area contributed by atoms with Crippen LogP contribution in [0.25, 0.3) is 0 Å². The van der Waals surface area contributed by atoms with Crippen molar-refractivity contribution in [1.29, 1.82) is 0 Å². The van der Waals surface area contributed by atoms with E-state index >= 15 is 0 Å². The molecule has 0 unspecified atom stereocenters. The lowest BCUT2D eigenvalue weighted by Gasteiger charge is -2.11. The Morgan fingerprint density at radius 2 is 1.71 bits per heavy atom. The summed E-state index contributed by atoms with van der Waals surface area (Å²) < 4.78 is 27.6. The molecule has 0 atom stereocenters. The van der Waals surface area contributed by atoms with Crippen LogP contribution in [0, 0.1) is 6.92 Å². The van der Waals surface area contributed by atoms with E-state index < -0.39 is 10.0 Å². The van der Waals surface area contributed by atoms with Crippen LogP contribution in [-0.2, 0) is 10.0 Å². The van der Waals surface area contributed by atoms with Crippen LogP contribution < -0.4 is 10.0 Å². The number of carbonyl (C=O) groups is 1. The molecular formula is C17H19BrN2O3S. The van der Waals surface area contributed by atoms with Crippen LogP contribution in [0.3, 0.4) is 0 Å². The molecule has 0 aliphatic carbocycles. The van der Waals surface area contributed by atoms with Crippen LogP contribution in [-0.4, -0.2) is 20.4 Å². The number of aryl methyl sites for hydroxylation is 1. The smallest absolute Gasteiger partial charge is 0.255 e. The third kappa shape index (κ3) is 4.66. The minimum atomic E-state index is -3.56. The summed E-state index contributed by atoms with van der Waals surface area (Å²) in [5.41, 5.74) is 2.03. The van der Waals surface area contributed by atoms with Gasteiger partial charge >= 0.3 is 0 Å². The van der Waals surface area contributed by atoms with Crippen molar-refractivity contribution in [2.24, 2.45) is 0 Å². The molecule has 2 aromatic carbocycles. The van der Waals surface area contributed by atoms with Gasteiger partial charge in [-0.05, 0) is 68.8 Å². The number of rotatable bonds is 5. The van der Waals surface area contributed by atoms with E-state index in [2.05, 4.69) is 26.0 Å². The molecule has 0 fully saturated rings. The molecule has 0 saturated carbocycles. The lowest BCUT2D eigenvalue weighted by Crippen LogP contribution is -2.30. The monoisotopic (exact) mass is 410 g/mol. The summed E-state index contributed by atoms with van der Waals surface area (Å²) in [6.07, 6.45) is 0. The third-order valence-electron chi connectivity index (χ3n) is 3.25. The second-order valence-electron chi connectivity index (χ2n) is 5.71. The number of sulfonamides is 1. The summed E-state index contributed by atoms with van der Waals surface area (Å²) in [5, 5.41) is 2.82. The topological polar surface area (TPSA) is 75.3 Å². The quantitative estimate of drug-likeness (QED) is 0.788. The van der Waals surface area contributed by atoms with Gasteiger partial charge in [-0.25, -0.2) is 13.1 Å². The van der Waals surface area contributed by atoms with Crippen molar-refractivity contribution in [2.45, 2.75) is 31.7 Å². The summed E-state index contributed by atoms with van der Waals surface area (Å²) in [5.74, 6) is -0.291. The van der Waals surface area contributed by atoms with Gasteiger partial charge in [0, 0.05) is 21.8 Å². The summed E-state index contributed by atoms with van der Waals surface area (Å²) in [7, 11) is -3.56. The van der Waals surface area contributed by atoms with E-state index in [1.165, 1.54) is 24.3 Å². The average Bonchev–Trinajstić information content (AvgIpc) is 2.49. The SMILES string of the molecule is Cc1cc(Br)ccc1NC(=O)c1ccc(S(=O)(=O)NC(C)C)cc1. The lowest BCUT2D eigenvalue weighted by molar-refractivity contribution is 0.102. The highest BCUT2D eigenvalue weighted by Gasteiger charge is 2.16. The fraction of sp³-hybridized carbons (Fsp3) is 0.235. The molecule has 0 radical (unpaired) electrons. The third-order valence-corrected chi connectivity index (χ3v) is 5.42. The molecule has 0 aromatic heterocycles. The zero-order valence-corrected chi connectivity index (χ0v) is 16.0. The first-order chi connectivity index (χ1) is 11.2. The van der Waals surface area contributed by atoms with Crippen LogP contribution in [0.1, 0.15) is 29.8 Å². The molecule has 5 nitrogen and oxygen atoms in total. The van der Waals surface area contributed by atoms with Crippen LogP contribution in [0.2, 0.25) is 0 Å². The molecule has 2 N–H and O–H groups in total. The fourth-order valence-corrected chi connectivity index (χ4v) is 3.85. The van der Waals surface area contributed by atoms with Crippen LogP contribution >= 0.6 is 15.9 Å². The Bertz CT molecular complexity index is 847. The van der Waals surface area contributed by atoms with Crippen molar-refractivity contribution in [3.63, 3.8) is 0 Å². The molecule has 7 heteroatoms. The predicted octanol–water partition coefficient (Wildman–Crippen LogP) is 3.70. The molecule has 2 aromatic rings. The van der Waals surface area contributed by atoms with Gasteiger partial charge in [0.2, 0.25) is 10.0 Å². The van der Waals surface area contributed by atoms with Gasteiger partial charge in [0.1, 0.15) is 0 Å². The van der Waals surface area contributed by atoms with Crippen molar-refractivity contribution >= 4 is 37.5 Å². The van der Waals surface area contributed by atoms with Gasteiger partial charge in [-0.3, -0.25) is 4.79 Å². The van der Waals surface area contributed by atoms with Gasteiger partial charge in [0.15, 0.2) is 0 Å². The van der Waals surface area contributed by atoms with Gasteiger partial charge in [0.05, 0.1) is 4.90 Å². The summed E-state index contributed by atoms with van der Waals surface area (Å²) in [6.45, 7) is 5.40. The van der Waals surface area contributed by atoms with E-state index in [1.807, 2.05) is 25.1 Å². The largest absolute Gasteiger partial charge is 0.322 e. The Morgan fingerprint density at radius 3 is 2.25 bits per heavy atom. The predicted molar refractivity (Wildman–Crippen MR) is 98.7 cm³/mol. The van der Waals surface area contributed by atoms with E-state index in [9.17, 15) is 13.2 Å². The first-order valence-corrected chi connectivity index (χ1v) is 9.66. The van der Waals surface area contributed by atoms with Crippen LogP contribution in [0.4, 0.5) is 5.69 Å². The van der Waals surface area contributed by atoms with Crippen LogP contribution in [0.5, 0.6) is 0 Å². The number of hydrogen-bond acceptors (Lipinski definition) is 3. The highest BCUT2D eigenvalue weighted by molar-refractivity contribution is 9.10. The zero-order valence-electron chi connectivity index (χ0n) is 13.6. The van der Waals surface area contributed by atoms with Crippen LogP contribution in [0.15, 0.2) is 51.8 Å². The normalized spacial score (nSPS) is 11.5. The number of nitrogens with one attached hydrogen (secondary N) is 2. The minimum absolute atomic E-state index is 0.132. The van der Waals surface area contributed by atoms with E-state index in [0.717, 1.165) is 10.0 Å². The molecule has 24 heavy (non-hydrogen) atoms. The maximum atomic E-state index is 12.3. The number of anilines is 1. The molecule has 1 amide bonds. The molecular weight excluding hydrogens is 392 g/mol.